The van der Waals surface area contributed by atoms with Crippen molar-refractivity contribution in [1.82, 2.24) is 9.97 Å². The largest absolute Gasteiger partial charge is 0.383 e. The standard InChI is InChI=1S/C12H17N3OS/c13-11-8-7-16-5-4-9(8)14-12(15-11)10-3-1-2-6-17-10/h10H,1-7H2,(H2,13,14,15). The maximum Gasteiger partial charge on any atom is 0.143 e. The normalized spacial score (nSPS) is 24.4. The van der Waals surface area contributed by atoms with E-state index >= 15 is 0 Å². The smallest absolute Gasteiger partial charge is 0.143 e. The molecule has 92 valence electrons. The van der Waals surface area contributed by atoms with Crippen molar-refractivity contribution >= 4 is 17.6 Å². The second-order valence-electron chi connectivity index (χ2n) is 4.55. The van der Waals surface area contributed by atoms with Gasteiger partial charge in [0.2, 0.25) is 0 Å². The molecular weight excluding hydrogens is 234 g/mol. The third-order valence-electron chi connectivity index (χ3n) is 3.34. The quantitative estimate of drug-likeness (QED) is 0.828. The molecule has 2 aliphatic rings. The number of anilines is 1. The van der Waals surface area contributed by atoms with Crippen LogP contribution in [0.25, 0.3) is 0 Å². The van der Waals surface area contributed by atoms with Gasteiger partial charge in [0.1, 0.15) is 11.6 Å². The lowest BCUT2D eigenvalue weighted by molar-refractivity contribution is 0.109. The minimum atomic E-state index is 0.444. The fourth-order valence-corrected chi connectivity index (χ4v) is 3.61. The third kappa shape index (κ3) is 2.26. The molecule has 1 unspecified atom stereocenters. The highest BCUT2D eigenvalue weighted by Crippen LogP contribution is 2.37. The Hall–Kier alpha value is -0.810. The Kier molecular flexibility index (Phi) is 3.20. The van der Waals surface area contributed by atoms with Crippen LogP contribution in [0.3, 0.4) is 0 Å². The van der Waals surface area contributed by atoms with E-state index in [-0.39, 0.29) is 0 Å². The van der Waals surface area contributed by atoms with Gasteiger partial charge >= 0.3 is 0 Å². The van der Waals surface area contributed by atoms with E-state index in [0.717, 1.165) is 30.1 Å². The Morgan fingerprint density at radius 1 is 1.29 bits per heavy atom. The summed E-state index contributed by atoms with van der Waals surface area (Å²) in [5.74, 6) is 2.78. The van der Waals surface area contributed by atoms with E-state index in [0.29, 0.717) is 17.7 Å². The molecule has 1 aromatic heterocycles. The Labute approximate surface area is 105 Å². The van der Waals surface area contributed by atoms with Crippen molar-refractivity contribution < 1.29 is 4.74 Å². The zero-order valence-corrected chi connectivity index (χ0v) is 10.6. The van der Waals surface area contributed by atoms with Gasteiger partial charge in [0.25, 0.3) is 0 Å². The maximum absolute atomic E-state index is 6.01. The van der Waals surface area contributed by atoms with Crippen LogP contribution >= 0.6 is 11.8 Å². The number of nitrogens with zero attached hydrogens (tertiary/aromatic N) is 2. The summed E-state index contributed by atoms with van der Waals surface area (Å²) in [6.07, 6.45) is 4.64. The number of hydrogen-bond donors (Lipinski definition) is 1. The molecule has 5 heteroatoms. The lowest BCUT2D eigenvalue weighted by Gasteiger charge is -2.23. The molecular formula is C12H17N3OS. The van der Waals surface area contributed by atoms with Crippen molar-refractivity contribution in [3.63, 3.8) is 0 Å². The lowest BCUT2D eigenvalue weighted by atomic mass is 10.1. The predicted octanol–water partition coefficient (Wildman–Crippen LogP) is 2.09. The minimum absolute atomic E-state index is 0.444. The summed E-state index contributed by atoms with van der Waals surface area (Å²) in [7, 11) is 0. The Balaban J connectivity index is 1.92. The van der Waals surface area contributed by atoms with E-state index in [9.17, 15) is 0 Å². The van der Waals surface area contributed by atoms with Gasteiger partial charge in [0, 0.05) is 12.0 Å². The summed E-state index contributed by atoms with van der Waals surface area (Å²) in [5.41, 5.74) is 8.11. The topological polar surface area (TPSA) is 61.0 Å². The average Bonchev–Trinajstić information content (AvgIpc) is 2.40. The summed E-state index contributed by atoms with van der Waals surface area (Å²) in [6, 6.07) is 0. The Morgan fingerprint density at radius 2 is 2.24 bits per heavy atom. The summed E-state index contributed by atoms with van der Waals surface area (Å²) in [4.78, 5) is 9.18. The van der Waals surface area contributed by atoms with Crippen LogP contribution < -0.4 is 5.73 Å². The van der Waals surface area contributed by atoms with Crippen LogP contribution in [0.1, 0.15) is 41.6 Å². The summed E-state index contributed by atoms with van der Waals surface area (Å²) in [6.45, 7) is 1.32. The molecule has 1 aromatic rings. The number of nitrogen functional groups attached to an aromatic ring is 1. The highest BCUT2D eigenvalue weighted by molar-refractivity contribution is 7.99. The lowest BCUT2D eigenvalue weighted by Crippen LogP contribution is -2.18. The molecule has 1 saturated heterocycles. The molecule has 4 nitrogen and oxygen atoms in total. The summed E-state index contributed by atoms with van der Waals surface area (Å²) >= 11 is 1.96. The molecule has 0 saturated carbocycles. The molecule has 2 aliphatic heterocycles. The maximum atomic E-state index is 6.01. The van der Waals surface area contributed by atoms with E-state index in [1.54, 1.807) is 0 Å². The molecule has 0 aromatic carbocycles. The van der Waals surface area contributed by atoms with Crippen molar-refractivity contribution in [1.29, 1.82) is 0 Å². The number of aromatic nitrogens is 2. The number of hydrogen-bond acceptors (Lipinski definition) is 5. The first kappa shape index (κ1) is 11.3. The molecule has 0 bridgehead atoms. The molecule has 3 heterocycles. The van der Waals surface area contributed by atoms with Gasteiger partial charge in [-0.05, 0) is 18.6 Å². The Morgan fingerprint density at radius 3 is 3.06 bits per heavy atom. The van der Waals surface area contributed by atoms with Crippen molar-refractivity contribution in [3.8, 4) is 0 Å². The van der Waals surface area contributed by atoms with Gasteiger partial charge in [-0.15, -0.1) is 0 Å². The SMILES string of the molecule is Nc1nc(C2CCCCS2)nc2c1COCC2. The molecule has 0 radical (unpaired) electrons. The molecule has 0 spiro atoms. The number of fused-ring (bicyclic) bond motifs is 1. The Bertz CT molecular complexity index is 418. The minimum Gasteiger partial charge on any atom is -0.383 e. The molecule has 0 amide bonds. The zero-order chi connectivity index (χ0) is 11.7. The highest BCUT2D eigenvalue weighted by Gasteiger charge is 2.23. The van der Waals surface area contributed by atoms with E-state index < -0.39 is 0 Å². The second kappa shape index (κ2) is 4.82. The summed E-state index contributed by atoms with van der Waals surface area (Å²) < 4.78 is 5.40. The van der Waals surface area contributed by atoms with Gasteiger partial charge in [-0.25, -0.2) is 9.97 Å². The van der Waals surface area contributed by atoms with Gasteiger partial charge in [-0.2, -0.15) is 11.8 Å². The molecule has 3 rings (SSSR count). The van der Waals surface area contributed by atoms with Gasteiger partial charge in [0.15, 0.2) is 0 Å². The molecule has 2 N–H and O–H groups in total. The van der Waals surface area contributed by atoms with Crippen molar-refractivity contribution in [2.45, 2.75) is 37.5 Å². The van der Waals surface area contributed by atoms with E-state index in [1.807, 2.05) is 11.8 Å². The fourth-order valence-electron chi connectivity index (χ4n) is 2.36. The van der Waals surface area contributed by atoms with Gasteiger partial charge < -0.3 is 10.5 Å². The fraction of sp³-hybridized carbons (Fsp3) is 0.667. The monoisotopic (exact) mass is 251 g/mol. The van der Waals surface area contributed by atoms with Crippen LogP contribution in [0.4, 0.5) is 5.82 Å². The molecule has 0 aliphatic carbocycles. The van der Waals surface area contributed by atoms with Crippen LogP contribution in [0.5, 0.6) is 0 Å². The van der Waals surface area contributed by atoms with Crippen molar-refractivity contribution in [2.75, 3.05) is 18.1 Å². The van der Waals surface area contributed by atoms with Crippen LogP contribution in [-0.4, -0.2) is 22.3 Å². The van der Waals surface area contributed by atoms with Crippen molar-refractivity contribution in [2.24, 2.45) is 0 Å². The van der Waals surface area contributed by atoms with Crippen molar-refractivity contribution in [3.05, 3.63) is 17.1 Å². The van der Waals surface area contributed by atoms with E-state index in [2.05, 4.69) is 4.98 Å². The average molecular weight is 251 g/mol. The predicted molar refractivity (Wildman–Crippen MR) is 68.9 cm³/mol. The first-order chi connectivity index (χ1) is 8.34. The van der Waals surface area contributed by atoms with Gasteiger partial charge in [-0.3, -0.25) is 0 Å². The second-order valence-corrected chi connectivity index (χ2v) is 5.86. The van der Waals surface area contributed by atoms with Crippen LogP contribution in [0.15, 0.2) is 0 Å². The number of rotatable bonds is 1. The van der Waals surface area contributed by atoms with E-state index in [1.165, 1.54) is 25.0 Å². The van der Waals surface area contributed by atoms with Crippen LogP contribution in [0, 0.1) is 0 Å². The number of thioether (sulfide) groups is 1. The molecule has 17 heavy (non-hydrogen) atoms. The van der Waals surface area contributed by atoms with E-state index in [4.69, 9.17) is 15.5 Å². The number of ether oxygens (including phenoxy) is 1. The molecule has 1 atom stereocenters. The summed E-state index contributed by atoms with van der Waals surface area (Å²) in [5, 5.41) is 0.444. The highest BCUT2D eigenvalue weighted by atomic mass is 32.2. The molecule has 1 fully saturated rings. The van der Waals surface area contributed by atoms with Gasteiger partial charge in [0.05, 0.1) is 24.2 Å². The number of nitrogens with two attached hydrogens (primary N) is 1. The zero-order valence-electron chi connectivity index (χ0n) is 9.82. The first-order valence-electron chi connectivity index (χ1n) is 6.19. The third-order valence-corrected chi connectivity index (χ3v) is 4.71. The van der Waals surface area contributed by atoms with Crippen LogP contribution in [0.2, 0.25) is 0 Å². The van der Waals surface area contributed by atoms with Crippen LogP contribution in [-0.2, 0) is 17.8 Å². The van der Waals surface area contributed by atoms with Gasteiger partial charge in [-0.1, -0.05) is 6.42 Å². The first-order valence-corrected chi connectivity index (χ1v) is 7.24.